The lowest BCUT2D eigenvalue weighted by Gasteiger charge is -2.18. The minimum Gasteiger partial charge on any atom is -0.455 e. The van der Waals surface area contributed by atoms with Crippen molar-refractivity contribution in [3.8, 4) is 10.6 Å². The molecule has 2 heterocycles. The van der Waals surface area contributed by atoms with Crippen molar-refractivity contribution in [2.45, 2.75) is 32.8 Å². The highest BCUT2D eigenvalue weighted by Crippen LogP contribution is 2.25. The van der Waals surface area contributed by atoms with Gasteiger partial charge in [-0.25, -0.2) is 4.79 Å². The van der Waals surface area contributed by atoms with Crippen LogP contribution in [0, 0.1) is 0 Å². The summed E-state index contributed by atoms with van der Waals surface area (Å²) in [4.78, 5) is 13.1. The van der Waals surface area contributed by atoms with Gasteiger partial charge in [0.1, 0.15) is 12.3 Å². The predicted molar refractivity (Wildman–Crippen MR) is 94.1 cm³/mol. The van der Waals surface area contributed by atoms with E-state index in [-0.39, 0.29) is 18.0 Å². The van der Waals surface area contributed by atoms with Crippen LogP contribution in [0.5, 0.6) is 0 Å². The Kier molecular flexibility index (Phi) is 4.53. The van der Waals surface area contributed by atoms with Crippen LogP contribution in [0.3, 0.4) is 0 Å². The fraction of sp³-hybridized carbons (Fsp3) is 0.263. The molecular weight excluding hydrogens is 322 g/mol. The monoisotopic (exact) mass is 341 g/mol. The Hall–Kier alpha value is -2.40. The lowest BCUT2D eigenvalue weighted by atomic mass is 9.87. The molecule has 0 radical (unpaired) electrons. The second kappa shape index (κ2) is 6.61. The first kappa shape index (κ1) is 16.5. The normalized spacial score (nSPS) is 11.5. The van der Waals surface area contributed by atoms with Crippen molar-refractivity contribution in [1.29, 1.82) is 0 Å². The molecular formula is C19H19NO3S. The average Bonchev–Trinajstić information content (AvgIpc) is 3.23. The number of esters is 1. The molecule has 0 spiro atoms. The smallest absolute Gasteiger partial charge is 0.338 e. The third-order valence-corrected chi connectivity index (χ3v) is 4.55. The molecule has 0 atom stereocenters. The largest absolute Gasteiger partial charge is 0.455 e. The second-order valence-corrected chi connectivity index (χ2v) is 7.51. The summed E-state index contributed by atoms with van der Waals surface area (Å²) < 4.78 is 10.6. The zero-order chi connectivity index (χ0) is 17.2. The van der Waals surface area contributed by atoms with Gasteiger partial charge in [0.05, 0.1) is 10.4 Å². The minimum atomic E-state index is -0.365. The molecule has 4 nitrogen and oxygen atoms in total. The van der Waals surface area contributed by atoms with Gasteiger partial charge in [0.2, 0.25) is 0 Å². The number of rotatable bonds is 4. The summed E-state index contributed by atoms with van der Waals surface area (Å²) >= 11 is 1.57. The Morgan fingerprint density at radius 2 is 1.96 bits per heavy atom. The van der Waals surface area contributed by atoms with Crippen LogP contribution in [0.4, 0.5) is 0 Å². The number of nitrogens with zero attached hydrogens (tertiary/aromatic N) is 1. The van der Waals surface area contributed by atoms with Crippen molar-refractivity contribution in [3.05, 3.63) is 64.7 Å². The molecule has 0 saturated carbocycles. The molecule has 0 aliphatic heterocycles. The standard InChI is InChI=1S/C19H19NO3S/c1-19(2,3)14-8-6-13(7-9-14)18(21)22-12-15-11-16(23-20-15)17-5-4-10-24-17/h4-11H,12H2,1-3H3. The van der Waals surface area contributed by atoms with E-state index in [0.717, 1.165) is 4.88 Å². The maximum absolute atomic E-state index is 12.1. The molecule has 24 heavy (non-hydrogen) atoms. The van der Waals surface area contributed by atoms with Crippen LogP contribution in [-0.2, 0) is 16.8 Å². The molecule has 0 amide bonds. The third-order valence-electron chi connectivity index (χ3n) is 3.66. The second-order valence-electron chi connectivity index (χ2n) is 6.56. The zero-order valence-corrected chi connectivity index (χ0v) is 14.7. The van der Waals surface area contributed by atoms with Crippen molar-refractivity contribution in [2.75, 3.05) is 0 Å². The summed E-state index contributed by atoms with van der Waals surface area (Å²) in [5, 5.41) is 5.91. The Morgan fingerprint density at radius 1 is 1.21 bits per heavy atom. The predicted octanol–water partition coefficient (Wildman–Crippen LogP) is 5.06. The van der Waals surface area contributed by atoms with Crippen molar-refractivity contribution in [2.24, 2.45) is 0 Å². The van der Waals surface area contributed by atoms with Gasteiger partial charge in [0, 0.05) is 6.07 Å². The average molecular weight is 341 g/mol. The Balaban J connectivity index is 1.61. The van der Waals surface area contributed by atoms with Crippen LogP contribution >= 0.6 is 11.3 Å². The van der Waals surface area contributed by atoms with E-state index >= 15 is 0 Å². The fourth-order valence-electron chi connectivity index (χ4n) is 2.24. The summed E-state index contributed by atoms with van der Waals surface area (Å²) in [6.07, 6.45) is 0. The van der Waals surface area contributed by atoms with Gasteiger partial charge >= 0.3 is 5.97 Å². The van der Waals surface area contributed by atoms with Gasteiger partial charge in [0.15, 0.2) is 5.76 Å². The van der Waals surface area contributed by atoms with Crippen LogP contribution in [-0.4, -0.2) is 11.1 Å². The lowest BCUT2D eigenvalue weighted by molar-refractivity contribution is 0.0464. The van der Waals surface area contributed by atoms with Gasteiger partial charge in [0.25, 0.3) is 0 Å². The van der Waals surface area contributed by atoms with Gasteiger partial charge in [-0.05, 0) is 34.6 Å². The number of hydrogen-bond donors (Lipinski definition) is 0. The van der Waals surface area contributed by atoms with Gasteiger partial charge < -0.3 is 9.26 Å². The van der Waals surface area contributed by atoms with Crippen molar-refractivity contribution >= 4 is 17.3 Å². The summed E-state index contributed by atoms with van der Waals surface area (Å²) in [5.41, 5.74) is 2.36. The van der Waals surface area contributed by atoms with Crippen LogP contribution in [0.1, 0.15) is 42.4 Å². The van der Waals surface area contributed by atoms with E-state index in [2.05, 4.69) is 25.9 Å². The minimum absolute atomic E-state index is 0.0569. The number of thiophene rings is 1. The Labute approximate surface area is 145 Å². The first-order valence-electron chi connectivity index (χ1n) is 7.70. The van der Waals surface area contributed by atoms with Gasteiger partial charge in [-0.1, -0.05) is 44.1 Å². The molecule has 0 bridgehead atoms. The highest BCUT2D eigenvalue weighted by atomic mass is 32.1. The molecule has 5 heteroatoms. The van der Waals surface area contributed by atoms with E-state index in [1.807, 2.05) is 29.6 Å². The van der Waals surface area contributed by atoms with Crippen molar-refractivity contribution in [3.63, 3.8) is 0 Å². The van der Waals surface area contributed by atoms with E-state index in [1.165, 1.54) is 5.56 Å². The summed E-state index contributed by atoms with van der Waals surface area (Å²) in [7, 11) is 0. The maximum atomic E-state index is 12.1. The highest BCUT2D eigenvalue weighted by molar-refractivity contribution is 7.13. The van der Waals surface area contributed by atoms with E-state index in [9.17, 15) is 4.79 Å². The quantitative estimate of drug-likeness (QED) is 0.623. The number of ether oxygens (including phenoxy) is 1. The van der Waals surface area contributed by atoms with Gasteiger partial charge in [-0.2, -0.15) is 0 Å². The Bertz CT molecular complexity index is 811. The van der Waals surface area contributed by atoms with Crippen molar-refractivity contribution < 1.29 is 14.1 Å². The number of carbonyl (C=O) groups is 1. The van der Waals surface area contributed by atoms with Gasteiger partial charge in [-0.3, -0.25) is 0 Å². The molecule has 0 unspecified atom stereocenters. The summed E-state index contributed by atoms with van der Waals surface area (Å²) in [6, 6.07) is 13.2. The lowest BCUT2D eigenvalue weighted by Crippen LogP contribution is -2.12. The first-order chi connectivity index (χ1) is 11.4. The molecule has 0 aliphatic rings. The number of aromatic nitrogens is 1. The number of benzene rings is 1. The molecule has 2 aromatic heterocycles. The fourth-order valence-corrected chi connectivity index (χ4v) is 2.92. The van der Waals surface area contributed by atoms with E-state index < -0.39 is 0 Å². The SMILES string of the molecule is CC(C)(C)c1ccc(C(=O)OCc2cc(-c3cccs3)on2)cc1. The molecule has 124 valence electrons. The molecule has 0 saturated heterocycles. The van der Waals surface area contributed by atoms with Crippen LogP contribution < -0.4 is 0 Å². The van der Waals surface area contributed by atoms with Gasteiger partial charge in [-0.15, -0.1) is 11.3 Å². The number of hydrogen-bond acceptors (Lipinski definition) is 5. The molecule has 3 rings (SSSR count). The molecule has 0 fully saturated rings. The van der Waals surface area contributed by atoms with E-state index in [1.54, 1.807) is 29.5 Å². The molecule has 1 aromatic carbocycles. The van der Waals surface area contributed by atoms with Crippen LogP contribution in [0.15, 0.2) is 52.4 Å². The van der Waals surface area contributed by atoms with E-state index in [0.29, 0.717) is 17.0 Å². The topological polar surface area (TPSA) is 52.3 Å². The number of carbonyl (C=O) groups excluding carboxylic acids is 1. The van der Waals surface area contributed by atoms with Crippen LogP contribution in [0.2, 0.25) is 0 Å². The Morgan fingerprint density at radius 3 is 2.58 bits per heavy atom. The maximum Gasteiger partial charge on any atom is 0.338 e. The van der Waals surface area contributed by atoms with E-state index in [4.69, 9.17) is 9.26 Å². The molecule has 3 aromatic rings. The summed E-state index contributed by atoms with van der Waals surface area (Å²) in [5.74, 6) is 0.321. The van der Waals surface area contributed by atoms with Crippen molar-refractivity contribution in [1.82, 2.24) is 5.16 Å². The van der Waals surface area contributed by atoms with Crippen LogP contribution in [0.25, 0.3) is 10.6 Å². The third kappa shape index (κ3) is 3.74. The summed E-state index contributed by atoms with van der Waals surface area (Å²) in [6.45, 7) is 6.50. The highest BCUT2D eigenvalue weighted by Gasteiger charge is 2.15. The zero-order valence-electron chi connectivity index (χ0n) is 13.9. The molecule has 0 N–H and O–H groups in total. The molecule has 0 aliphatic carbocycles. The first-order valence-corrected chi connectivity index (χ1v) is 8.58.